The fourth-order valence-electron chi connectivity index (χ4n) is 3.63. The summed E-state index contributed by atoms with van der Waals surface area (Å²) < 4.78 is 1.54. The van der Waals surface area contributed by atoms with Gasteiger partial charge in [0.25, 0.3) is 0 Å². The Morgan fingerprint density at radius 2 is 1.46 bits per heavy atom. The summed E-state index contributed by atoms with van der Waals surface area (Å²) in [6.45, 7) is 3.58. The van der Waals surface area contributed by atoms with Crippen molar-refractivity contribution in [3.8, 4) is 0 Å². The molecule has 5 nitrogen and oxygen atoms in total. The molecule has 1 N–H and O–H groups in total. The number of nitrogens with one attached hydrogen (secondary N) is 1. The smallest absolute Gasteiger partial charge is 0.299 e. The van der Waals surface area contributed by atoms with Crippen LogP contribution in [0.4, 0.5) is 0 Å². The number of nitrogens with zero attached hydrogens (tertiary/aromatic N) is 3. The Bertz CT molecular complexity index is 877. The number of hydrogen-bond donors (Lipinski definition) is 1. The van der Waals surface area contributed by atoms with E-state index in [2.05, 4.69) is 45.3 Å². The zero-order valence-electron chi connectivity index (χ0n) is 14.8. The molecular formula is C21H24N4O. The van der Waals surface area contributed by atoms with E-state index < -0.39 is 0 Å². The van der Waals surface area contributed by atoms with Gasteiger partial charge in [0, 0.05) is 12.5 Å². The number of H-pyrrole nitrogens is 1. The van der Waals surface area contributed by atoms with E-state index in [-0.39, 0.29) is 5.69 Å². The van der Waals surface area contributed by atoms with Crippen LogP contribution in [0.15, 0.2) is 65.5 Å². The predicted molar refractivity (Wildman–Crippen MR) is 102 cm³/mol. The molecule has 1 saturated heterocycles. The third kappa shape index (κ3) is 3.94. The van der Waals surface area contributed by atoms with Gasteiger partial charge in [-0.1, -0.05) is 60.7 Å². The van der Waals surface area contributed by atoms with Crippen molar-refractivity contribution in [3.05, 3.63) is 88.1 Å². The topological polar surface area (TPSA) is 53.9 Å². The quantitative estimate of drug-likeness (QED) is 0.771. The van der Waals surface area contributed by atoms with Gasteiger partial charge in [-0.3, -0.25) is 9.88 Å². The molecule has 1 aromatic heterocycles. The molecule has 134 valence electrons. The van der Waals surface area contributed by atoms with Crippen LogP contribution in [0.3, 0.4) is 0 Å². The predicted octanol–water partition coefficient (Wildman–Crippen LogP) is 3.00. The maximum atomic E-state index is 12.2. The van der Waals surface area contributed by atoms with E-state index in [9.17, 15) is 4.79 Å². The van der Waals surface area contributed by atoms with Crippen LogP contribution in [0.2, 0.25) is 0 Å². The Hall–Kier alpha value is -2.66. The van der Waals surface area contributed by atoms with E-state index in [1.807, 2.05) is 30.3 Å². The minimum Gasteiger partial charge on any atom is -0.299 e. The average Bonchev–Trinajstić information content (AvgIpc) is 3.04. The first-order valence-electron chi connectivity index (χ1n) is 9.25. The number of hydrogen-bond acceptors (Lipinski definition) is 3. The van der Waals surface area contributed by atoms with E-state index in [1.54, 1.807) is 4.68 Å². The maximum Gasteiger partial charge on any atom is 0.343 e. The minimum absolute atomic E-state index is 0.115. The molecule has 2 heterocycles. The number of benzene rings is 2. The fourth-order valence-corrected chi connectivity index (χ4v) is 3.63. The third-order valence-corrected chi connectivity index (χ3v) is 5.10. The lowest BCUT2D eigenvalue weighted by molar-refractivity contribution is 0.201. The van der Waals surface area contributed by atoms with Crippen molar-refractivity contribution in [2.24, 2.45) is 0 Å². The van der Waals surface area contributed by atoms with Gasteiger partial charge in [0.2, 0.25) is 0 Å². The summed E-state index contributed by atoms with van der Waals surface area (Å²) in [4.78, 5) is 17.7. The zero-order valence-corrected chi connectivity index (χ0v) is 14.8. The molecule has 4 rings (SSSR count). The van der Waals surface area contributed by atoms with Crippen LogP contribution >= 0.6 is 0 Å². The van der Waals surface area contributed by atoms with Crippen LogP contribution in [0.1, 0.15) is 35.7 Å². The van der Waals surface area contributed by atoms with E-state index in [0.717, 1.165) is 43.9 Å². The van der Waals surface area contributed by atoms with Crippen LogP contribution in [0, 0.1) is 0 Å². The van der Waals surface area contributed by atoms with E-state index in [0.29, 0.717) is 12.5 Å². The Morgan fingerprint density at radius 1 is 0.885 bits per heavy atom. The molecule has 3 aromatic rings. The lowest BCUT2D eigenvalue weighted by Gasteiger charge is -2.30. The number of likely N-dealkylation sites (tertiary alicyclic amines) is 1. The first-order chi connectivity index (χ1) is 12.8. The molecule has 26 heavy (non-hydrogen) atoms. The van der Waals surface area contributed by atoms with E-state index in [1.165, 1.54) is 5.56 Å². The largest absolute Gasteiger partial charge is 0.343 e. The Morgan fingerprint density at radius 3 is 2.08 bits per heavy atom. The molecule has 0 spiro atoms. The van der Waals surface area contributed by atoms with Gasteiger partial charge in [-0.25, -0.2) is 9.48 Å². The molecule has 5 heteroatoms. The van der Waals surface area contributed by atoms with Gasteiger partial charge in [0.15, 0.2) is 0 Å². The molecule has 0 saturated carbocycles. The second-order valence-corrected chi connectivity index (χ2v) is 6.99. The number of aromatic amines is 1. The second-order valence-electron chi connectivity index (χ2n) is 6.99. The van der Waals surface area contributed by atoms with Crippen molar-refractivity contribution in [2.45, 2.75) is 31.8 Å². The third-order valence-electron chi connectivity index (χ3n) is 5.10. The SMILES string of the molecule is O=c1[nH]c(C2CCN(Cc3ccccc3)CC2)nn1Cc1ccccc1. The normalized spacial score (nSPS) is 16.0. The summed E-state index contributed by atoms with van der Waals surface area (Å²) in [5, 5.41) is 4.57. The standard InChI is InChI=1S/C21H24N4O/c26-21-22-20(23-25(21)16-18-9-5-2-6-10-18)19-11-13-24(14-12-19)15-17-7-3-1-4-8-17/h1-10,19H,11-16H2,(H,22,23,26). The van der Waals surface area contributed by atoms with Crippen LogP contribution in [0.5, 0.6) is 0 Å². The van der Waals surface area contributed by atoms with Gasteiger partial charge in [-0.2, -0.15) is 5.10 Å². The molecule has 1 fully saturated rings. The molecule has 0 bridgehead atoms. The minimum atomic E-state index is -0.115. The molecule has 0 aliphatic carbocycles. The van der Waals surface area contributed by atoms with Crippen molar-refractivity contribution in [3.63, 3.8) is 0 Å². The first kappa shape index (κ1) is 16.8. The molecule has 1 aliphatic rings. The second kappa shape index (κ2) is 7.70. The van der Waals surface area contributed by atoms with Crippen LogP contribution in [0.25, 0.3) is 0 Å². The number of aromatic nitrogens is 3. The van der Waals surface area contributed by atoms with Crippen LogP contribution in [-0.2, 0) is 13.1 Å². The molecule has 0 atom stereocenters. The van der Waals surface area contributed by atoms with Gasteiger partial charge in [0.1, 0.15) is 5.82 Å². The summed E-state index contributed by atoms with van der Waals surface area (Å²) >= 11 is 0. The van der Waals surface area contributed by atoms with Gasteiger partial charge < -0.3 is 0 Å². The highest BCUT2D eigenvalue weighted by Gasteiger charge is 2.23. The fraction of sp³-hybridized carbons (Fsp3) is 0.333. The summed E-state index contributed by atoms with van der Waals surface area (Å²) in [6, 6.07) is 20.6. The summed E-state index contributed by atoms with van der Waals surface area (Å²) in [7, 11) is 0. The molecule has 0 radical (unpaired) electrons. The van der Waals surface area contributed by atoms with Crippen molar-refractivity contribution >= 4 is 0 Å². The molecule has 2 aromatic carbocycles. The highest BCUT2D eigenvalue weighted by Crippen LogP contribution is 2.25. The lowest BCUT2D eigenvalue weighted by Crippen LogP contribution is -2.32. The Labute approximate surface area is 153 Å². The average molecular weight is 348 g/mol. The number of rotatable bonds is 5. The van der Waals surface area contributed by atoms with Gasteiger partial charge in [-0.05, 0) is 37.1 Å². The summed E-state index contributed by atoms with van der Waals surface area (Å²) in [6.07, 6.45) is 2.07. The van der Waals surface area contributed by atoms with E-state index >= 15 is 0 Å². The van der Waals surface area contributed by atoms with Gasteiger partial charge in [-0.15, -0.1) is 0 Å². The number of piperidine rings is 1. The first-order valence-corrected chi connectivity index (χ1v) is 9.25. The summed E-state index contributed by atoms with van der Waals surface area (Å²) in [5.41, 5.74) is 2.33. The highest BCUT2D eigenvalue weighted by molar-refractivity contribution is 5.15. The highest BCUT2D eigenvalue weighted by atomic mass is 16.1. The van der Waals surface area contributed by atoms with Crippen molar-refractivity contribution in [1.29, 1.82) is 0 Å². The van der Waals surface area contributed by atoms with Crippen molar-refractivity contribution in [2.75, 3.05) is 13.1 Å². The zero-order chi connectivity index (χ0) is 17.8. The maximum absolute atomic E-state index is 12.2. The molecule has 0 unspecified atom stereocenters. The monoisotopic (exact) mass is 348 g/mol. The Kier molecular flexibility index (Phi) is 4.97. The molecule has 1 aliphatic heterocycles. The Balaban J connectivity index is 1.37. The molecule has 0 amide bonds. The lowest BCUT2D eigenvalue weighted by atomic mass is 9.96. The summed E-state index contributed by atoms with van der Waals surface area (Å²) in [5.74, 6) is 1.18. The van der Waals surface area contributed by atoms with Gasteiger partial charge >= 0.3 is 5.69 Å². The van der Waals surface area contributed by atoms with Crippen molar-refractivity contribution in [1.82, 2.24) is 19.7 Å². The van der Waals surface area contributed by atoms with Crippen LogP contribution < -0.4 is 5.69 Å². The van der Waals surface area contributed by atoms with Gasteiger partial charge in [0.05, 0.1) is 6.54 Å². The van der Waals surface area contributed by atoms with E-state index in [4.69, 9.17) is 0 Å². The molecular weight excluding hydrogens is 324 g/mol. The van der Waals surface area contributed by atoms with Crippen molar-refractivity contribution < 1.29 is 0 Å². The van der Waals surface area contributed by atoms with Crippen LogP contribution in [-0.4, -0.2) is 32.8 Å².